The van der Waals surface area contributed by atoms with Crippen LogP contribution in [0.5, 0.6) is 0 Å². The number of nitrogens with one attached hydrogen (secondary N) is 1. The molecule has 0 unspecified atom stereocenters. The molecule has 1 N–H and O–H groups in total. The summed E-state index contributed by atoms with van der Waals surface area (Å²) in [4.78, 5) is 17.4. The lowest BCUT2D eigenvalue weighted by atomic mass is 10.2. The molecule has 82 valence electrons. The van der Waals surface area contributed by atoms with Crippen molar-refractivity contribution in [3.05, 3.63) is 22.7 Å². The van der Waals surface area contributed by atoms with Gasteiger partial charge in [0, 0.05) is 13.2 Å². The highest BCUT2D eigenvalue weighted by Gasteiger charge is 2.37. The molecule has 1 aromatic rings. The molecule has 15 heavy (non-hydrogen) atoms. The molecule has 0 aliphatic carbocycles. The zero-order chi connectivity index (χ0) is 11.6. The molecule has 0 aromatic carbocycles. The topological polar surface area (TPSA) is 54.9 Å². The lowest BCUT2D eigenvalue weighted by Gasteiger charge is -2.09. The highest BCUT2D eigenvalue weighted by Crippen LogP contribution is 2.30. The number of carbonyl (C=O) groups excluding carboxylic acids is 1. The molecule has 0 saturated carbocycles. The molecular formula is C7H5ClF3N3O. The summed E-state index contributed by atoms with van der Waals surface area (Å²) in [6, 6.07) is 0. The third kappa shape index (κ3) is 2.56. The molecule has 0 aliphatic rings. The molecule has 0 spiro atoms. The highest BCUT2D eigenvalue weighted by atomic mass is 35.5. The van der Waals surface area contributed by atoms with E-state index in [9.17, 15) is 18.0 Å². The highest BCUT2D eigenvalue weighted by molar-refractivity contribution is 6.28. The minimum Gasteiger partial charge on any atom is -0.355 e. The Hall–Kier alpha value is -1.37. The maximum Gasteiger partial charge on any atom is 0.434 e. The number of carbonyl (C=O) groups is 1. The van der Waals surface area contributed by atoms with Crippen molar-refractivity contribution in [3.8, 4) is 0 Å². The first-order valence-corrected chi connectivity index (χ1v) is 4.06. The number of nitrogens with zero attached hydrogens (tertiary/aromatic N) is 2. The fourth-order valence-corrected chi connectivity index (χ4v) is 1.01. The van der Waals surface area contributed by atoms with Crippen molar-refractivity contribution in [1.29, 1.82) is 0 Å². The number of rotatable bonds is 1. The average molecular weight is 240 g/mol. The fraction of sp³-hybridized carbons (Fsp3) is 0.286. The van der Waals surface area contributed by atoms with E-state index >= 15 is 0 Å². The Kier molecular flexibility index (Phi) is 3.13. The largest absolute Gasteiger partial charge is 0.434 e. The third-order valence-electron chi connectivity index (χ3n) is 1.50. The molecule has 0 bridgehead atoms. The SMILES string of the molecule is CNC(=O)c1cnc(Cl)nc1C(F)(F)F. The molecule has 0 saturated heterocycles. The number of aromatic nitrogens is 2. The molecule has 0 radical (unpaired) electrons. The first-order valence-electron chi connectivity index (χ1n) is 3.68. The number of halogens is 4. The summed E-state index contributed by atoms with van der Waals surface area (Å²) < 4.78 is 37.2. The van der Waals surface area contributed by atoms with E-state index in [1.807, 2.05) is 0 Å². The summed E-state index contributed by atoms with van der Waals surface area (Å²) in [6.45, 7) is 0. The quantitative estimate of drug-likeness (QED) is 0.756. The van der Waals surface area contributed by atoms with Crippen LogP contribution in [0.15, 0.2) is 6.20 Å². The van der Waals surface area contributed by atoms with Gasteiger partial charge in [-0.3, -0.25) is 4.79 Å². The van der Waals surface area contributed by atoms with Gasteiger partial charge in [-0.2, -0.15) is 13.2 Å². The first-order chi connectivity index (χ1) is 6.86. The van der Waals surface area contributed by atoms with Crippen LogP contribution < -0.4 is 5.32 Å². The van der Waals surface area contributed by atoms with E-state index in [4.69, 9.17) is 11.6 Å². The van der Waals surface area contributed by atoms with Gasteiger partial charge in [0.05, 0.1) is 5.56 Å². The van der Waals surface area contributed by atoms with E-state index in [0.29, 0.717) is 0 Å². The summed E-state index contributed by atoms with van der Waals surface area (Å²) >= 11 is 5.22. The Bertz CT molecular complexity index is 394. The zero-order valence-electron chi connectivity index (χ0n) is 7.39. The molecule has 0 aliphatic heterocycles. The second kappa shape index (κ2) is 4.01. The number of hydrogen-bond acceptors (Lipinski definition) is 3. The van der Waals surface area contributed by atoms with Gasteiger partial charge in [0.15, 0.2) is 5.69 Å². The van der Waals surface area contributed by atoms with Gasteiger partial charge in [0.25, 0.3) is 5.91 Å². The second-order valence-electron chi connectivity index (χ2n) is 2.48. The Balaban J connectivity index is 3.33. The summed E-state index contributed by atoms with van der Waals surface area (Å²) in [7, 11) is 1.21. The van der Waals surface area contributed by atoms with Crippen LogP contribution >= 0.6 is 11.6 Å². The van der Waals surface area contributed by atoms with Crippen LogP contribution in [0.25, 0.3) is 0 Å². The van der Waals surface area contributed by atoms with Crippen molar-refractivity contribution in [1.82, 2.24) is 15.3 Å². The summed E-state index contributed by atoms with van der Waals surface area (Å²) in [5.74, 6) is -0.918. The van der Waals surface area contributed by atoms with E-state index in [1.165, 1.54) is 7.05 Å². The number of amides is 1. The first kappa shape index (κ1) is 11.7. The van der Waals surface area contributed by atoms with Crippen molar-refractivity contribution < 1.29 is 18.0 Å². The predicted octanol–water partition coefficient (Wildman–Crippen LogP) is 1.51. The summed E-state index contributed by atoms with van der Waals surface area (Å²) in [6.07, 6.45) is -4.01. The Morgan fingerprint density at radius 1 is 1.53 bits per heavy atom. The lowest BCUT2D eigenvalue weighted by Crippen LogP contribution is -2.24. The maximum atomic E-state index is 12.4. The van der Waals surface area contributed by atoms with Crippen LogP contribution in [0.3, 0.4) is 0 Å². The number of hydrogen-bond donors (Lipinski definition) is 1. The van der Waals surface area contributed by atoms with Crippen molar-refractivity contribution in [2.24, 2.45) is 0 Å². The van der Waals surface area contributed by atoms with Crippen LogP contribution in [0.1, 0.15) is 16.1 Å². The van der Waals surface area contributed by atoms with Crippen LogP contribution in [0.4, 0.5) is 13.2 Å². The maximum absolute atomic E-state index is 12.4. The number of alkyl halides is 3. The standard InChI is InChI=1S/C7H5ClF3N3O/c1-12-5(15)3-2-13-6(8)14-4(3)7(9,10)11/h2H,1H3,(H,12,15). The molecule has 4 nitrogen and oxygen atoms in total. The predicted molar refractivity (Wildman–Crippen MR) is 45.4 cm³/mol. The van der Waals surface area contributed by atoms with Gasteiger partial charge in [-0.25, -0.2) is 9.97 Å². The van der Waals surface area contributed by atoms with Crippen LogP contribution in [0, 0.1) is 0 Å². The summed E-state index contributed by atoms with van der Waals surface area (Å²) in [5.41, 5.74) is -2.00. The Morgan fingerprint density at radius 3 is 2.60 bits per heavy atom. The van der Waals surface area contributed by atoms with Gasteiger partial charge in [0.2, 0.25) is 5.28 Å². The molecule has 1 aromatic heterocycles. The van der Waals surface area contributed by atoms with Gasteiger partial charge in [0.1, 0.15) is 0 Å². The molecule has 8 heteroatoms. The van der Waals surface area contributed by atoms with Gasteiger partial charge in [-0.15, -0.1) is 0 Å². The minimum absolute atomic E-state index is 0.560. The molecule has 1 amide bonds. The molecule has 1 heterocycles. The molecular weight excluding hydrogens is 235 g/mol. The van der Waals surface area contributed by atoms with E-state index in [0.717, 1.165) is 6.20 Å². The molecule has 0 atom stereocenters. The summed E-state index contributed by atoms with van der Waals surface area (Å²) in [5, 5.41) is 1.49. The minimum atomic E-state index is -4.74. The third-order valence-corrected chi connectivity index (χ3v) is 1.68. The van der Waals surface area contributed by atoms with Gasteiger partial charge >= 0.3 is 6.18 Å². The van der Waals surface area contributed by atoms with Crippen LogP contribution in [0.2, 0.25) is 5.28 Å². The monoisotopic (exact) mass is 239 g/mol. The van der Waals surface area contributed by atoms with Crippen molar-refractivity contribution in [2.45, 2.75) is 6.18 Å². The lowest BCUT2D eigenvalue weighted by molar-refractivity contribution is -0.141. The van der Waals surface area contributed by atoms with Gasteiger partial charge in [-0.1, -0.05) is 0 Å². The molecule has 1 rings (SSSR count). The van der Waals surface area contributed by atoms with Crippen molar-refractivity contribution in [3.63, 3.8) is 0 Å². The van der Waals surface area contributed by atoms with E-state index < -0.39 is 28.6 Å². The van der Waals surface area contributed by atoms with E-state index in [2.05, 4.69) is 15.3 Å². The average Bonchev–Trinajstić information content (AvgIpc) is 2.15. The molecule has 0 fully saturated rings. The van der Waals surface area contributed by atoms with Crippen LogP contribution in [-0.4, -0.2) is 22.9 Å². The fourth-order valence-electron chi connectivity index (χ4n) is 0.877. The smallest absolute Gasteiger partial charge is 0.355 e. The van der Waals surface area contributed by atoms with Gasteiger partial charge in [-0.05, 0) is 11.6 Å². The second-order valence-corrected chi connectivity index (χ2v) is 2.82. The Labute approximate surface area is 87.5 Å². The van der Waals surface area contributed by atoms with E-state index in [1.54, 1.807) is 0 Å². The van der Waals surface area contributed by atoms with Crippen molar-refractivity contribution in [2.75, 3.05) is 7.05 Å². The zero-order valence-corrected chi connectivity index (χ0v) is 8.15. The van der Waals surface area contributed by atoms with Crippen molar-refractivity contribution >= 4 is 17.5 Å². The van der Waals surface area contributed by atoms with E-state index in [-0.39, 0.29) is 0 Å². The Morgan fingerprint density at radius 2 is 2.13 bits per heavy atom. The normalized spacial score (nSPS) is 11.3. The van der Waals surface area contributed by atoms with Gasteiger partial charge < -0.3 is 5.32 Å². The van der Waals surface area contributed by atoms with Crippen LogP contribution in [-0.2, 0) is 6.18 Å².